The van der Waals surface area contributed by atoms with Crippen molar-refractivity contribution in [3.05, 3.63) is 0 Å². The highest BCUT2D eigenvalue weighted by atomic mass is 28.4. The molecule has 26 heavy (non-hydrogen) atoms. The van der Waals surface area contributed by atoms with Crippen molar-refractivity contribution in [3.63, 3.8) is 0 Å². The van der Waals surface area contributed by atoms with Gasteiger partial charge in [0.1, 0.15) is 6.10 Å². The Hall–Kier alpha value is 0.114. The van der Waals surface area contributed by atoms with Gasteiger partial charge in [-0.2, -0.15) is 0 Å². The number of hydrogen-bond acceptors (Lipinski definition) is 8. The summed E-state index contributed by atoms with van der Waals surface area (Å²) in [4.78, 5) is 0. The van der Waals surface area contributed by atoms with Gasteiger partial charge in [-0.1, -0.05) is 0 Å². The third kappa shape index (κ3) is 11.7. The highest BCUT2D eigenvalue weighted by molar-refractivity contribution is 6.60. The third-order valence-corrected chi connectivity index (χ3v) is 9.06. The molecule has 0 aromatic heterocycles. The summed E-state index contributed by atoms with van der Waals surface area (Å²) in [7, 11) is 0.108. The molecular weight excluding hydrogens is 376 g/mol. The van der Waals surface area contributed by atoms with Gasteiger partial charge >= 0.3 is 17.6 Å². The van der Waals surface area contributed by atoms with Gasteiger partial charge in [0.05, 0.1) is 13.2 Å². The van der Waals surface area contributed by atoms with E-state index in [9.17, 15) is 0 Å². The highest BCUT2D eigenvalue weighted by Gasteiger charge is 2.39. The monoisotopic (exact) mass is 414 g/mol. The van der Waals surface area contributed by atoms with Crippen molar-refractivity contribution >= 4 is 17.6 Å². The molecule has 0 aromatic carbocycles. The van der Waals surface area contributed by atoms with E-state index in [4.69, 9.17) is 36.0 Å². The van der Waals surface area contributed by atoms with Crippen molar-refractivity contribution in [2.45, 2.75) is 45.9 Å². The van der Waals surface area contributed by atoms with Crippen molar-refractivity contribution in [2.75, 3.05) is 61.0 Å². The predicted molar refractivity (Wildman–Crippen MR) is 103 cm³/mol. The molecule has 1 fully saturated rings. The number of epoxide rings is 1. The minimum Gasteiger partial charge on any atom is -0.379 e. The molecule has 1 atom stereocenters. The highest BCUT2D eigenvalue weighted by Crippen LogP contribution is 2.18. The van der Waals surface area contributed by atoms with E-state index in [1.807, 2.05) is 27.3 Å². The van der Waals surface area contributed by atoms with Crippen LogP contribution in [0.15, 0.2) is 0 Å². The quantitative estimate of drug-likeness (QED) is 0.230. The summed E-state index contributed by atoms with van der Waals surface area (Å²) >= 11 is 0. The Morgan fingerprint density at radius 2 is 1.35 bits per heavy atom. The minimum absolute atomic E-state index is 0.331. The first kappa shape index (κ1) is 26.1. The van der Waals surface area contributed by atoms with E-state index in [0.717, 1.165) is 19.1 Å². The maximum Gasteiger partial charge on any atom is 0.501 e. The average molecular weight is 415 g/mol. The summed E-state index contributed by atoms with van der Waals surface area (Å²) in [6.07, 6.45) is 1.23. The van der Waals surface area contributed by atoms with E-state index in [1.165, 1.54) is 0 Å². The van der Waals surface area contributed by atoms with Crippen LogP contribution in [0.25, 0.3) is 0 Å². The zero-order chi connectivity index (χ0) is 19.9. The van der Waals surface area contributed by atoms with Gasteiger partial charge in [-0.25, -0.2) is 0 Å². The molecular formula is C16H38O8Si2. The molecule has 0 radical (unpaired) electrons. The molecule has 1 aliphatic rings. The molecule has 0 N–H and O–H groups in total. The van der Waals surface area contributed by atoms with Gasteiger partial charge in [-0.15, -0.1) is 0 Å². The molecule has 10 heteroatoms. The van der Waals surface area contributed by atoms with Crippen LogP contribution in [0.5, 0.6) is 0 Å². The Bertz CT molecular complexity index is 302. The third-order valence-electron chi connectivity index (χ3n) is 3.68. The summed E-state index contributed by atoms with van der Waals surface area (Å²) in [6, 6.07) is 0.814. The fraction of sp³-hybridized carbons (Fsp3) is 1.00. The van der Waals surface area contributed by atoms with Crippen molar-refractivity contribution in [1.82, 2.24) is 0 Å². The molecule has 8 nitrogen and oxygen atoms in total. The molecule has 0 amide bonds. The summed E-state index contributed by atoms with van der Waals surface area (Å²) < 4.78 is 42.7. The summed E-state index contributed by atoms with van der Waals surface area (Å²) in [5.41, 5.74) is 0. The Morgan fingerprint density at radius 3 is 1.65 bits per heavy atom. The van der Waals surface area contributed by atoms with Gasteiger partial charge in [-0.3, -0.25) is 0 Å². The number of hydrogen-bond donors (Lipinski definition) is 0. The first-order chi connectivity index (χ1) is 12.4. The SMILES string of the molecule is CCO[Si](CCCOCC1CO1)(OCC)OCC.CO[Si](C)(OC)OC. The number of rotatable bonds is 15. The standard InChI is InChI=1S/C12H26O5Si.C4H12O3Si/c1-4-15-18(16-5-2,17-6-3)9-7-8-13-10-12-11-14-12;1-5-8(4,6-2)7-3/h12H,4-11H2,1-3H3;1-4H3. The molecule has 1 unspecified atom stereocenters. The van der Waals surface area contributed by atoms with Gasteiger partial charge in [-0.05, 0) is 27.2 Å². The van der Waals surface area contributed by atoms with E-state index in [2.05, 4.69) is 0 Å². The van der Waals surface area contributed by atoms with Gasteiger partial charge in [0.15, 0.2) is 0 Å². The molecule has 0 bridgehead atoms. The fourth-order valence-electron chi connectivity index (χ4n) is 2.02. The maximum atomic E-state index is 5.76. The first-order valence-corrected chi connectivity index (χ1v) is 13.4. The van der Waals surface area contributed by atoms with Gasteiger partial charge < -0.3 is 36.0 Å². The molecule has 0 aromatic rings. The Balaban J connectivity index is 0.000000660. The second-order valence-electron chi connectivity index (χ2n) is 5.59. The van der Waals surface area contributed by atoms with Crippen molar-refractivity contribution in [2.24, 2.45) is 0 Å². The minimum atomic E-state index is -2.47. The largest absolute Gasteiger partial charge is 0.501 e. The molecule has 0 spiro atoms. The van der Waals surface area contributed by atoms with Gasteiger partial charge in [0.2, 0.25) is 0 Å². The lowest BCUT2D eigenvalue weighted by Gasteiger charge is -2.28. The Morgan fingerprint density at radius 1 is 0.885 bits per heavy atom. The zero-order valence-corrected chi connectivity index (χ0v) is 19.5. The van der Waals surface area contributed by atoms with Gasteiger partial charge in [0, 0.05) is 60.3 Å². The molecule has 0 aliphatic carbocycles. The van der Waals surface area contributed by atoms with Crippen molar-refractivity contribution in [3.8, 4) is 0 Å². The first-order valence-electron chi connectivity index (χ1n) is 9.21. The maximum absolute atomic E-state index is 5.76. The van der Waals surface area contributed by atoms with Crippen LogP contribution in [-0.4, -0.2) is 84.7 Å². The Kier molecular flexibility index (Phi) is 15.2. The number of ether oxygens (including phenoxy) is 2. The lowest BCUT2D eigenvalue weighted by atomic mass is 10.5. The van der Waals surface area contributed by atoms with Crippen LogP contribution in [0.1, 0.15) is 27.2 Å². The summed E-state index contributed by atoms with van der Waals surface area (Å²) in [6.45, 7) is 11.9. The summed E-state index contributed by atoms with van der Waals surface area (Å²) in [5.74, 6) is 0. The van der Waals surface area contributed by atoms with Crippen LogP contribution < -0.4 is 0 Å². The topological polar surface area (TPSA) is 77.1 Å². The van der Waals surface area contributed by atoms with E-state index < -0.39 is 17.6 Å². The van der Waals surface area contributed by atoms with Crippen LogP contribution in [0.2, 0.25) is 12.6 Å². The van der Waals surface area contributed by atoms with E-state index in [1.54, 1.807) is 21.3 Å². The van der Waals surface area contributed by atoms with Crippen LogP contribution in [0, 0.1) is 0 Å². The normalized spacial score (nSPS) is 17.0. The Labute approximate surface area is 161 Å². The molecule has 0 saturated carbocycles. The van der Waals surface area contributed by atoms with Crippen LogP contribution in [-0.2, 0) is 36.0 Å². The van der Waals surface area contributed by atoms with E-state index >= 15 is 0 Å². The van der Waals surface area contributed by atoms with Crippen molar-refractivity contribution < 1.29 is 36.0 Å². The summed E-state index contributed by atoms with van der Waals surface area (Å²) in [5, 5.41) is 0. The van der Waals surface area contributed by atoms with E-state index in [0.29, 0.717) is 39.1 Å². The van der Waals surface area contributed by atoms with Gasteiger partial charge in [0.25, 0.3) is 0 Å². The molecule has 158 valence electrons. The fourth-order valence-corrected chi connectivity index (χ4v) is 5.10. The van der Waals surface area contributed by atoms with Crippen LogP contribution in [0.3, 0.4) is 0 Å². The molecule has 1 rings (SSSR count). The van der Waals surface area contributed by atoms with E-state index in [-0.39, 0.29) is 0 Å². The van der Waals surface area contributed by atoms with Crippen LogP contribution >= 0.6 is 0 Å². The lowest BCUT2D eigenvalue weighted by molar-refractivity contribution is 0.0648. The smallest absolute Gasteiger partial charge is 0.379 e. The van der Waals surface area contributed by atoms with Crippen LogP contribution in [0.4, 0.5) is 0 Å². The molecule has 1 saturated heterocycles. The van der Waals surface area contributed by atoms with Crippen molar-refractivity contribution in [1.29, 1.82) is 0 Å². The average Bonchev–Trinajstić information content (AvgIpc) is 3.46. The zero-order valence-electron chi connectivity index (χ0n) is 17.5. The second kappa shape index (κ2) is 15.1. The molecule has 1 heterocycles. The predicted octanol–water partition coefficient (Wildman–Crippen LogP) is 2.33. The molecule has 1 aliphatic heterocycles. The second-order valence-corrected chi connectivity index (χ2v) is 11.3. The lowest BCUT2D eigenvalue weighted by Crippen LogP contribution is -2.46.